The lowest BCUT2D eigenvalue weighted by Gasteiger charge is -2.20. The van der Waals surface area contributed by atoms with E-state index < -0.39 is 0 Å². The van der Waals surface area contributed by atoms with Crippen molar-refractivity contribution >= 4 is 29.2 Å². The molecule has 0 bridgehead atoms. The largest absolute Gasteiger partial charge is 0.355 e. The molecule has 5 heteroatoms. The van der Waals surface area contributed by atoms with Crippen LogP contribution in [-0.4, -0.2) is 20.7 Å². The highest BCUT2D eigenvalue weighted by molar-refractivity contribution is 7.71. The number of aryl methyl sites for hydroxylation is 2. The van der Waals surface area contributed by atoms with Crippen LogP contribution in [0.25, 0.3) is 11.0 Å². The van der Waals surface area contributed by atoms with Crippen molar-refractivity contribution in [2.75, 3.05) is 11.9 Å². The van der Waals surface area contributed by atoms with Gasteiger partial charge in [0.15, 0.2) is 0 Å². The van der Waals surface area contributed by atoms with E-state index in [2.05, 4.69) is 28.3 Å². The van der Waals surface area contributed by atoms with Crippen molar-refractivity contribution in [1.29, 1.82) is 0 Å². The second-order valence-electron chi connectivity index (χ2n) is 4.64. The monoisotopic (exact) mass is 248 g/mol. The molecule has 1 aliphatic rings. The number of nitrogens with zero attached hydrogens (tertiary/aromatic N) is 3. The van der Waals surface area contributed by atoms with Crippen molar-refractivity contribution in [1.82, 2.24) is 14.1 Å². The van der Waals surface area contributed by atoms with Gasteiger partial charge < -0.3 is 14.5 Å². The van der Waals surface area contributed by atoms with Crippen molar-refractivity contribution < 1.29 is 0 Å². The van der Waals surface area contributed by atoms with Gasteiger partial charge in [0.05, 0.1) is 5.39 Å². The van der Waals surface area contributed by atoms with Crippen LogP contribution in [0.2, 0.25) is 0 Å². The van der Waals surface area contributed by atoms with Crippen LogP contribution in [0.15, 0.2) is 0 Å². The van der Waals surface area contributed by atoms with Gasteiger partial charge in [0.2, 0.25) is 5.95 Å². The molecule has 2 aromatic rings. The Morgan fingerprint density at radius 3 is 2.88 bits per heavy atom. The zero-order chi connectivity index (χ0) is 12.2. The van der Waals surface area contributed by atoms with Gasteiger partial charge in [-0.15, -0.1) is 0 Å². The Morgan fingerprint density at radius 2 is 2.12 bits per heavy atom. The third-order valence-corrected chi connectivity index (χ3v) is 4.15. The van der Waals surface area contributed by atoms with Crippen LogP contribution in [-0.2, 0) is 13.6 Å². The van der Waals surface area contributed by atoms with Gasteiger partial charge in [0, 0.05) is 25.8 Å². The van der Waals surface area contributed by atoms with E-state index in [9.17, 15) is 0 Å². The van der Waals surface area contributed by atoms with Gasteiger partial charge in [-0.2, -0.15) is 4.98 Å². The SMILES string of the molecule is Cc1c(C)n(C)c2nc3n(c(=S)c12)CCCN3. The van der Waals surface area contributed by atoms with Crippen LogP contribution in [0.4, 0.5) is 5.95 Å². The molecule has 0 fully saturated rings. The second-order valence-corrected chi connectivity index (χ2v) is 5.03. The number of nitrogens with one attached hydrogen (secondary N) is 1. The van der Waals surface area contributed by atoms with Crippen LogP contribution >= 0.6 is 12.2 Å². The van der Waals surface area contributed by atoms with Crippen LogP contribution < -0.4 is 5.32 Å². The lowest BCUT2D eigenvalue weighted by molar-refractivity contribution is 0.610. The van der Waals surface area contributed by atoms with Crippen molar-refractivity contribution in [3.8, 4) is 0 Å². The van der Waals surface area contributed by atoms with Gasteiger partial charge in [0.25, 0.3) is 0 Å². The van der Waals surface area contributed by atoms with E-state index in [0.29, 0.717) is 0 Å². The zero-order valence-corrected chi connectivity index (χ0v) is 11.2. The highest BCUT2D eigenvalue weighted by atomic mass is 32.1. The van der Waals surface area contributed by atoms with Crippen molar-refractivity contribution in [3.05, 3.63) is 15.9 Å². The standard InChI is InChI=1S/C12H16N4S/c1-7-8(2)15(3)10-9(7)11(17)16-6-4-5-13-12(16)14-10/h4-6H2,1-3H3,(H,13,14). The van der Waals surface area contributed by atoms with Crippen LogP contribution in [0.3, 0.4) is 0 Å². The molecule has 0 radical (unpaired) electrons. The summed E-state index contributed by atoms with van der Waals surface area (Å²) in [5.74, 6) is 0.911. The van der Waals surface area contributed by atoms with E-state index >= 15 is 0 Å². The minimum atomic E-state index is 0.911. The molecule has 0 spiro atoms. The molecule has 1 aliphatic heterocycles. The van der Waals surface area contributed by atoms with Gasteiger partial charge in [-0.05, 0) is 25.8 Å². The third kappa shape index (κ3) is 1.35. The molecule has 0 unspecified atom stereocenters. The topological polar surface area (TPSA) is 34.8 Å². The Bertz CT molecular complexity index is 665. The van der Waals surface area contributed by atoms with Gasteiger partial charge >= 0.3 is 0 Å². The molecule has 0 saturated carbocycles. The molecular formula is C12H16N4S. The number of anilines is 1. The predicted octanol–water partition coefficient (Wildman–Crippen LogP) is 2.54. The van der Waals surface area contributed by atoms with Crippen molar-refractivity contribution in [2.24, 2.45) is 7.05 Å². The quantitative estimate of drug-likeness (QED) is 0.728. The molecule has 0 saturated heterocycles. The molecule has 17 heavy (non-hydrogen) atoms. The van der Waals surface area contributed by atoms with E-state index in [1.165, 1.54) is 11.3 Å². The minimum Gasteiger partial charge on any atom is -0.355 e. The zero-order valence-electron chi connectivity index (χ0n) is 10.4. The van der Waals surface area contributed by atoms with Crippen molar-refractivity contribution in [3.63, 3.8) is 0 Å². The molecule has 90 valence electrons. The smallest absolute Gasteiger partial charge is 0.205 e. The Morgan fingerprint density at radius 1 is 1.35 bits per heavy atom. The highest BCUT2D eigenvalue weighted by Crippen LogP contribution is 2.27. The predicted molar refractivity (Wildman–Crippen MR) is 72.1 cm³/mol. The van der Waals surface area contributed by atoms with E-state index in [1.54, 1.807) is 0 Å². The molecule has 2 aromatic heterocycles. The number of fused-ring (bicyclic) bond motifs is 2. The minimum absolute atomic E-state index is 0.911. The highest BCUT2D eigenvalue weighted by Gasteiger charge is 2.17. The maximum absolute atomic E-state index is 5.61. The Labute approximate surface area is 105 Å². The summed E-state index contributed by atoms with van der Waals surface area (Å²) in [7, 11) is 2.05. The van der Waals surface area contributed by atoms with E-state index in [4.69, 9.17) is 17.2 Å². The van der Waals surface area contributed by atoms with E-state index in [-0.39, 0.29) is 0 Å². The fourth-order valence-corrected chi connectivity index (χ4v) is 2.91. The molecule has 0 aliphatic carbocycles. The normalized spacial score (nSPS) is 14.8. The number of hydrogen-bond acceptors (Lipinski definition) is 3. The summed E-state index contributed by atoms with van der Waals surface area (Å²) < 4.78 is 5.16. The van der Waals surface area contributed by atoms with E-state index in [0.717, 1.165) is 41.1 Å². The number of hydrogen-bond donors (Lipinski definition) is 1. The number of aromatic nitrogens is 3. The van der Waals surface area contributed by atoms with Gasteiger partial charge in [-0.1, -0.05) is 12.2 Å². The fraction of sp³-hybridized carbons (Fsp3) is 0.500. The molecule has 0 aromatic carbocycles. The van der Waals surface area contributed by atoms with Gasteiger partial charge in [-0.3, -0.25) is 0 Å². The summed E-state index contributed by atoms with van der Waals surface area (Å²) in [6.45, 7) is 6.19. The van der Waals surface area contributed by atoms with Crippen molar-refractivity contribution in [2.45, 2.75) is 26.8 Å². The number of rotatable bonds is 0. The first-order valence-corrected chi connectivity index (χ1v) is 6.32. The van der Waals surface area contributed by atoms with Crippen LogP contribution in [0, 0.1) is 18.5 Å². The summed E-state index contributed by atoms with van der Waals surface area (Å²) in [6, 6.07) is 0. The summed E-state index contributed by atoms with van der Waals surface area (Å²) in [5.41, 5.74) is 3.48. The Hall–Kier alpha value is -1.36. The van der Waals surface area contributed by atoms with Crippen LogP contribution in [0.5, 0.6) is 0 Å². The molecular weight excluding hydrogens is 232 g/mol. The summed E-state index contributed by atoms with van der Waals surface area (Å²) in [4.78, 5) is 4.71. The van der Waals surface area contributed by atoms with Gasteiger partial charge in [-0.25, -0.2) is 0 Å². The molecule has 1 N–H and O–H groups in total. The lowest BCUT2D eigenvalue weighted by Crippen LogP contribution is -2.21. The van der Waals surface area contributed by atoms with Crippen LogP contribution in [0.1, 0.15) is 17.7 Å². The van der Waals surface area contributed by atoms with E-state index in [1.807, 2.05) is 7.05 Å². The maximum Gasteiger partial charge on any atom is 0.205 e. The molecule has 0 amide bonds. The first kappa shape index (κ1) is 10.8. The molecule has 3 rings (SSSR count). The average molecular weight is 248 g/mol. The fourth-order valence-electron chi connectivity index (χ4n) is 2.49. The third-order valence-electron chi connectivity index (χ3n) is 3.73. The maximum atomic E-state index is 5.61. The molecule has 3 heterocycles. The second kappa shape index (κ2) is 3.57. The molecule has 0 atom stereocenters. The first-order valence-electron chi connectivity index (χ1n) is 5.91. The average Bonchev–Trinajstić information content (AvgIpc) is 2.55. The van der Waals surface area contributed by atoms with Gasteiger partial charge in [0.1, 0.15) is 10.3 Å². The Kier molecular flexibility index (Phi) is 2.26. The lowest BCUT2D eigenvalue weighted by atomic mass is 10.2. The summed E-state index contributed by atoms with van der Waals surface area (Å²) >= 11 is 5.61. The summed E-state index contributed by atoms with van der Waals surface area (Å²) in [5, 5.41) is 4.46. The molecule has 4 nitrogen and oxygen atoms in total. The first-order chi connectivity index (χ1) is 8.11. The summed E-state index contributed by atoms with van der Waals surface area (Å²) in [6.07, 6.45) is 1.11. The Balaban J connectivity index is 2.49.